The fourth-order valence-electron chi connectivity index (χ4n) is 2.65. The number of hydrogen-bond acceptors (Lipinski definition) is 4. The number of hydrogen-bond donors (Lipinski definition) is 2. The van der Waals surface area contributed by atoms with Crippen LogP contribution in [0.2, 0.25) is 0 Å². The summed E-state index contributed by atoms with van der Waals surface area (Å²) in [5.74, 6) is -0.530. The van der Waals surface area contributed by atoms with Gasteiger partial charge in [-0.3, -0.25) is 0 Å². The maximum Gasteiger partial charge on any atom is 0.342 e. The van der Waals surface area contributed by atoms with Gasteiger partial charge in [0, 0.05) is 0 Å². The first-order chi connectivity index (χ1) is 9.72. The van der Waals surface area contributed by atoms with Crippen LogP contribution in [0.5, 0.6) is 5.75 Å². The van der Waals surface area contributed by atoms with Gasteiger partial charge in [0.15, 0.2) is 0 Å². The van der Waals surface area contributed by atoms with Crippen molar-refractivity contribution in [1.82, 2.24) is 5.32 Å². The van der Waals surface area contributed by atoms with E-state index in [2.05, 4.69) is 5.32 Å². The molecule has 0 saturated heterocycles. The lowest BCUT2D eigenvalue weighted by molar-refractivity contribution is 0.0131. The fraction of sp³-hybridized carbons (Fsp3) is 0.188. The molecular formula is C16H15NO3. The van der Waals surface area contributed by atoms with Crippen molar-refractivity contribution in [3.05, 3.63) is 65.2 Å². The average Bonchev–Trinajstić information content (AvgIpc) is 2.48. The van der Waals surface area contributed by atoms with E-state index in [4.69, 9.17) is 4.74 Å². The van der Waals surface area contributed by atoms with E-state index in [1.807, 2.05) is 43.4 Å². The summed E-state index contributed by atoms with van der Waals surface area (Å²) in [6.45, 7) is 0. The molecule has 2 aromatic rings. The summed E-state index contributed by atoms with van der Waals surface area (Å²) in [5.41, 5.74) is 1.94. The van der Waals surface area contributed by atoms with Gasteiger partial charge in [-0.2, -0.15) is 0 Å². The van der Waals surface area contributed by atoms with Gasteiger partial charge in [-0.1, -0.05) is 42.5 Å². The molecule has 0 fully saturated rings. The lowest BCUT2D eigenvalue weighted by Crippen LogP contribution is -2.33. The number of carbonyl (C=O) groups is 1. The molecule has 0 saturated carbocycles. The highest BCUT2D eigenvalue weighted by Crippen LogP contribution is 2.41. The van der Waals surface area contributed by atoms with E-state index in [-0.39, 0.29) is 17.4 Å². The molecule has 20 heavy (non-hydrogen) atoms. The number of aromatic hydroxyl groups is 1. The van der Waals surface area contributed by atoms with Gasteiger partial charge >= 0.3 is 5.97 Å². The number of rotatable bonds is 2. The Hall–Kier alpha value is -2.33. The molecule has 2 aromatic carbocycles. The number of carbonyl (C=O) groups excluding carboxylic acids is 1. The van der Waals surface area contributed by atoms with E-state index < -0.39 is 12.1 Å². The summed E-state index contributed by atoms with van der Waals surface area (Å²) < 4.78 is 5.52. The molecule has 3 rings (SSSR count). The maximum absolute atomic E-state index is 12.1. The molecule has 1 heterocycles. The Kier molecular flexibility index (Phi) is 3.16. The van der Waals surface area contributed by atoms with Crippen molar-refractivity contribution in [1.29, 1.82) is 0 Å². The van der Waals surface area contributed by atoms with Crippen molar-refractivity contribution in [2.75, 3.05) is 7.05 Å². The SMILES string of the molecule is CN[C@@H]1c2cccc(O)c2C(=O)O[C@H]1c1ccccc1. The highest BCUT2D eigenvalue weighted by molar-refractivity contribution is 5.95. The molecule has 0 spiro atoms. The Bertz CT molecular complexity index is 639. The van der Waals surface area contributed by atoms with Crippen molar-refractivity contribution in [3.8, 4) is 5.75 Å². The zero-order valence-corrected chi connectivity index (χ0v) is 11.0. The standard InChI is InChI=1S/C16H15NO3/c1-17-14-11-8-5-9-12(18)13(11)16(19)20-15(14)10-6-3-2-4-7-10/h2-9,14-15,17-18H,1H3/t14-,15+/m1/s1. The van der Waals surface area contributed by atoms with Gasteiger partial charge in [0.25, 0.3) is 0 Å². The Balaban J connectivity index is 2.11. The monoisotopic (exact) mass is 269 g/mol. The number of benzene rings is 2. The second-order valence-electron chi connectivity index (χ2n) is 4.74. The van der Waals surface area contributed by atoms with Crippen LogP contribution >= 0.6 is 0 Å². The molecule has 1 aliphatic heterocycles. The average molecular weight is 269 g/mol. The summed E-state index contributed by atoms with van der Waals surface area (Å²) >= 11 is 0. The smallest absolute Gasteiger partial charge is 0.342 e. The fourth-order valence-corrected chi connectivity index (χ4v) is 2.65. The van der Waals surface area contributed by atoms with E-state index >= 15 is 0 Å². The first-order valence-corrected chi connectivity index (χ1v) is 6.47. The summed E-state index contributed by atoms with van der Waals surface area (Å²) in [4.78, 5) is 12.1. The van der Waals surface area contributed by atoms with Gasteiger partial charge < -0.3 is 15.2 Å². The normalized spacial score (nSPS) is 21.1. The van der Waals surface area contributed by atoms with Crippen LogP contribution < -0.4 is 5.32 Å². The minimum Gasteiger partial charge on any atom is -0.507 e. The Morgan fingerprint density at radius 1 is 1.10 bits per heavy atom. The van der Waals surface area contributed by atoms with Crippen LogP contribution in [-0.4, -0.2) is 18.1 Å². The number of phenolic OH excluding ortho intramolecular Hbond substituents is 1. The maximum atomic E-state index is 12.1. The quantitative estimate of drug-likeness (QED) is 0.823. The number of phenols is 1. The van der Waals surface area contributed by atoms with Crippen molar-refractivity contribution in [2.24, 2.45) is 0 Å². The Morgan fingerprint density at radius 2 is 1.85 bits per heavy atom. The number of fused-ring (bicyclic) bond motifs is 1. The van der Waals surface area contributed by atoms with Gasteiger partial charge in [0.1, 0.15) is 17.4 Å². The van der Waals surface area contributed by atoms with E-state index in [1.54, 1.807) is 6.07 Å². The van der Waals surface area contributed by atoms with E-state index in [1.165, 1.54) is 6.07 Å². The Morgan fingerprint density at radius 3 is 2.55 bits per heavy atom. The van der Waals surface area contributed by atoms with Gasteiger partial charge in [0.05, 0.1) is 6.04 Å². The third-order valence-corrected chi connectivity index (χ3v) is 3.59. The predicted octanol–water partition coefficient (Wildman–Crippen LogP) is 2.56. The lowest BCUT2D eigenvalue weighted by Gasteiger charge is -2.33. The largest absolute Gasteiger partial charge is 0.507 e. The van der Waals surface area contributed by atoms with Crippen LogP contribution in [0.3, 0.4) is 0 Å². The third-order valence-electron chi connectivity index (χ3n) is 3.59. The van der Waals surface area contributed by atoms with Gasteiger partial charge in [-0.05, 0) is 24.2 Å². The summed E-state index contributed by atoms with van der Waals surface area (Å²) in [6.07, 6.45) is -0.400. The van der Waals surface area contributed by atoms with Crippen LogP contribution in [0.1, 0.15) is 33.6 Å². The second-order valence-corrected chi connectivity index (χ2v) is 4.74. The van der Waals surface area contributed by atoms with Crippen molar-refractivity contribution in [2.45, 2.75) is 12.1 Å². The molecule has 0 radical (unpaired) electrons. The topological polar surface area (TPSA) is 58.6 Å². The van der Waals surface area contributed by atoms with E-state index in [9.17, 15) is 9.90 Å². The molecule has 0 unspecified atom stereocenters. The molecule has 2 N–H and O–H groups in total. The van der Waals surface area contributed by atoms with Crippen LogP contribution in [0.4, 0.5) is 0 Å². The number of nitrogens with one attached hydrogen (secondary N) is 1. The zero-order chi connectivity index (χ0) is 14.1. The summed E-state index contributed by atoms with van der Waals surface area (Å²) in [7, 11) is 1.81. The molecule has 0 amide bonds. The van der Waals surface area contributed by atoms with Crippen molar-refractivity contribution < 1.29 is 14.6 Å². The first-order valence-electron chi connectivity index (χ1n) is 6.47. The van der Waals surface area contributed by atoms with E-state index in [0.717, 1.165) is 11.1 Å². The van der Waals surface area contributed by atoms with Gasteiger partial charge in [-0.15, -0.1) is 0 Å². The van der Waals surface area contributed by atoms with Crippen LogP contribution in [0.25, 0.3) is 0 Å². The van der Waals surface area contributed by atoms with Crippen LogP contribution in [0.15, 0.2) is 48.5 Å². The number of ether oxygens (including phenoxy) is 1. The molecule has 0 aromatic heterocycles. The molecule has 4 heteroatoms. The number of likely N-dealkylation sites (N-methyl/N-ethyl adjacent to an activating group) is 1. The molecule has 1 aliphatic rings. The molecular weight excluding hydrogens is 254 g/mol. The number of esters is 1. The second kappa shape index (κ2) is 4.98. The molecule has 0 bridgehead atoms. The van der Waals surface area contributed by atoms with Gasteiger partial charge in [-0.25, -0.2) is 4.79 Å². The number of cyclic esters (lactones) is 1. The highest BCUT2D eigenvalue weighted by Gasteiger charge is 2.37. The molecule has 4 nitrogen and oxygen atoms in total. The zero-order valence-electron chi connectivity index (χ0n) is 11.0. The Labute approximate surface area is 117 Å². The third kappa shape index (κ3) is 1.94. The summed E-state index contributed by atoms with van der Waals surface area (Å²) in [6, 6.07) is 14.5. The molecule has 102 valence electrons. The van der Waals surface area contributed by atoms with Crippen molar-refractivity contribution in [3.63, 3.8) is 0 Å². The van der Waals surface area contributed by atoms with E-state index in [0.29, 0.717) is 0 Å². The highest BCUT2D eigenvalue weighted by atomic mass is 16.5. The predicted molar refractivity (Wildman–Crippen MR) is 74.5 cm³/mol. The molecule has 2 atom stereocenters. The van der Waals surface area contributed by atoms with Crippen molar-refractivity contribution >= 4 is 5.97 Å². The molecule has 0 aliphatic carbocycles. The first kappa shape index (κ1) is 12.7. The minimum atomic E-state index is -0.488. The minimum absolute atomic E-state index is 0.0424. The van der Waals surface area contributed by atoms with Gasteiger partial charge in [0.2, 0.25) is 0 Å². The van der Waals surface area contributed by atoms with Crippen LogP contribution in [0, 0.1) is 0 Å². The summed E-state index contributed by atoms with van der Waals surface area (Å²) in [5, 5.41) is 13.0. The lowest BCUT2D eigenvalue weighted by atomic mass is 9.89. The van der Waals surface area contributed by atoms with Crippen LogP contribution in [-0.2, 0) is 4.74 Å².